The quantitative estimate of drug-likeness (QED) is 0.304. The first-order valence-corrected chi connectivity index (χ1v) is 10.3. The molecule has 0 saturated carbocycles. The van der Waals surface area contributed by atoms with Crippen LogP contribution in [0.1, 0.15) is 115 Å². The van der Waals surface area contributed by atoms with Gasteiger partial charge in [-0.15, -0.1) is 0 Å². The van der Waals surface area contributed by atoms with Crippen molar-refractivity contribution in [2.75, 3.05) is 0 Å². The van der Waals surface area contributed by atoms with E-state index in [2.05, 4.69) is 45.0 Å². The Morgan fingerprint density at radius 3 is 1.65 bits per heavy atom. The maximum atomic E-state index is 2.33. The van der Waals surface area contributed by atoms with Gasteiger partial charge in [-0.1, -0.05) is 116 Å². The molecule has 0 aliphatic rings. The summed E-state index contributed by atoms with van der Waals surface area (Å²) in [6.07, 6.45) is 18.5. The van der Waals surface area contributed by atoms with E-state index in [-0.39, 0.29) is 0 Å². The molecule has 23 heavy (non-hydrogen) atoms. The van der Waals surface area contributed by atoms with E-state index in [9.17, 15) is 0 Å². The van der Waals surface area contributed by atoms with E-state index in [0.29, 0.717) is 5.92 Å². The Hall–Kier alpha value is -0.780. The molecule has 0 amide bonds. The highest BCUT2D eigenvalue weighted by molar-refractivity contribution is 5.29. The largest absolute Gasteiger partial charge is 0.0654 e. The van der Waals surface area contributed by atoms with Crippen molar-refractivity contribution in [2.24, 2.45) is 0 Å². The molecule has 0 unspecified atom stereocenters. The number of hydrogen-bond acceptors (Lipinski definition) is 0. The van der Waals surface area contributed by atoms with Crippen molar-refractivity contribution in [1.29, 1.82) is 0 Å². The number of aryl methyl sites for hydroxylation is 1. The average molecular weight is 317 g/mol. The highest BCUT2D eigenvalue weighted by Gasteiger charge is 2.05. The Kier molecular flexibility index (Phi) is 12.0. The van der Waals surface area contributed by atoms with E-state index < -0.39 is 0 Å². The zero-order valence-electron chi connectivity index (χ0n) is 16.1. The summed E-state index contributed by atoms with van der Waals surface area (Å²) in [6.45, 7) is 6.91. The molecule has 0 N–H and O–H groups in total. The molecular formula is C23H40. The van der Waals surface area contributed by atoms with Crippen LogP contribution in [0, 0.1) is 0 Å². The molecule has 1 aromatic rings. The summed E-state index contributed by atoms with van der Waals surface area (Å²) in [5, 5.41) is 0. The minimum absolute atomic E-state index is 0.656. The summed E-state index contributed by atoms with van der Waals surface area (Å²) < 4.78 is 0. The SMILES string of the molecule is CCCCCCCCCCCCCCc1ccccc1C(C)C. The van der Waals surface area contributed by atoms with E-state index >= 15 is 0 Å². The lowest BCUT2D eigenvalue weighted by Gasteiger charge is -2.12. The van der Waals surface area contributed by atoms with Crippen molar-refractivity contribution in [2.45, 2.75) is 110 Å². The summed E-state index contributed by atoms with van der Waals surface area (Å²) in [7, 11) is 0. The molecule has 0 saturated heterocycles. The summed E-state index contributed by atoms with van der Waals surface area (Å²) in [5.74, 6) is 0.656. The van der Waals surface area contributed by atoms with Crippen molar-refractivity contribution in [1.82, 2.24) is 0 Å². The van der Waals surface area contributed by atoms with Crippen LogP contribution < -0.4 is 0 Å². The Balaban J connectivity index is 1.96. The van der Waals surface area contributed by atoms with E-state index in [1.165, 1.54) is 83.5 Å². The third kappa shape index (κ3) is 9.84. The summed E-state index contributed by atoms with van der Waals surface area (Å²) in [6, 6.07) is 9.01. The third-order valence-corrected chi connectivity index (χ3v) is 4.98. The van der Waals surface area contributed by atoms with Gasteiger partial charge in [-0.2, -0.15) is 0 Å². The van der Waals surface area contributed by atoms with Gasteiger partial charge >= 0.3 is 0 Å². The van der Waals surface area contributed by atoms with E-state index in [4.69, 9.17) is 0 Å². The fraction of sp³-hybridized carbons (Fsp3) is 0.739. The van der Waals surface area contributed by atoms with Crippen molar-refractivity contribution in [3.8, 4) is 0 Å². The van der Waals surface area contributed by atoms with Crippen LogP contribution in [-0.2, 0) is 6.42 Å². The van der Waals surface area contributed by atoms with Gasteiger partial charge in [-0.3, -0.25) is 0 Å². The minimum atomic E-state index is 0.656. The Morgan fingerprint density at radius 1 is 0.652 bits per heavy atom. The number of unbranched alkanes of at least 4 members (excludes halogenated alkanes) is 11. The van der Waals surface area contributed by atoms with Crippen LogP contribution in [0.15, 0.2) is 24.3 Å². The molecule has 1 rings (SSSR count). The molecule has 0 heteroatoms. The second kappa shape index (κ2) is 13.6. The van der Waals surface area contributed by atoms with Crippen molar-refractivity contribution < 1.29 is 0 Å². The molecule has 0 atom stereocenters. The Morgan fingerprint density at radius 2 is 1.13 bits per heavy atom. The maximum absolute atomic E-state index is 2.33. The van der Waals surface area contributed by atoms with Gasteiger partial charge in [-0.25, -0.2) is 0 Å². The van der Waals surface area contributed by atoms with Gasteiger partial charge in [0.05, 0.1) is 0 Å². The smallest absolute Gasteiger partial charge is 0.0216 e. The van der Waals surface area contributed by atoms with Gasteiger partial charge in [0.1, 0.15) is 0 Å². The zero-order chi connectivity index (χ0) is 16.8. The minimum Gasteiger partial charge on any atom is -0.0654 e. The molecule has 0 bridgehead atoms. The van der Waals surface area contributed by atoms with Crippen LogP contribution in [0.4, 0.5) is 0 Å². The molecule has 0 heterocycles. The predicted octanol–water partition coefficient (Wildman–Crippen LogP) is 8.05. The van der Waals surface area contributed by atoms with Gasteiger partial charge in [0.2, 0.25) is 0 Å². The molecule has 0 spiro atoms. The van der Waals surface area contributed by atoms with E-state index in [1.54, 1.807) is 11.1 Å². The first kappa shape index (κ1) is 20.3. The second-order valence-corrected chi connectivity index (χ2v) is 7.49. The summed E-state index contributed by atoms with van der Waals surface area (Å²) in [5.41, 5.74) is 3.13. The molecule has 0 nitrogen and oxygen atoms in total. The van der Waals surface area contributed by atoms with Gasteiger partial charge in [0, 0.05) is 0 Å². The van der Waals surface area contributed by atoms with Gasteiger partial charge in [-0.05, 0) is 29.9 Å². The number of hydrogen-bond donors (Lipinski definition) is 0. The topological polar surface area (TPSA) is 0 Å². The van der Waals surface area contributed by atoms with Crippen LogP contribution in [0.25, 0.3) is 0 Å². The Bertz CT molecular complexity index is 377. The number of rotatable bonds is 14. The van der Waals surface area contributed by atoms with Crippen LogP contribution in [-0.4, -0.2) is 0 Å². The average Bonchev–Trinajstić information content (AvgIpc) is 2.56. The molecule has 0 fully saturated rings. The van der Waals surface area contributed by atoms with Crippen LogP contribution >= 0.6 is 0 Å². The fourth-order valence-corrected chi connectivity index (χ4v) is 3.48. The first-order valence-electron chi connectivity index (χ1n) is 10.3. The van der Waals surface area contributed by atoms with Crippen molar-refractivity contribution >= 4 is 0 Å². The fourth-order valence-electron chi connectivity index (χ4n) is 3.48. The third-order valence-electron chi connectivity index (χ3n) is 4.98. The zero-order valence-corrected chi connectivity index (χ0v) is 16.1. The van der Waals surface area contributed by atoms with Crippen LogP contribution in [0.3, 0.4) is 0 Å². The molecule has 0 aliphatic heterocycles. The molecule has 132 valence electrons. The van der Waals surface area contributed by atoms with Crippen LogP contribution in [0.2, 0.25) is 0 Å². The molecule has 1 aromatic carbocycles. The molecule has 0 aliphatic carbocycles. The normalized spacial score (nSPS) is 11.3. The summed E-state index contributed by atoms with van der Waals surface area (Å²) in [4.78, 5) is 0. The van der Waals surface area contributed by atoms with Gasteiger partial charge < -0.3 is 0 Å². The lowest BCUT2D eigenvalue weighted by Crippen LogP contribution is -1.96. The molecule has 0 aromatic heterocycles. The first-order chi connectivity index (χ1) is 11.3. The lowest BCUT2D eigenvalue weighted by atomic mass is 9.93. The molecule has 0 radical (unpaired) electrons. The number of benzene rings is 1. The van der Waals surface area contributed by atoms with Crippen molar-refractivity contribution in [3.05, 3.63) is 35.4 Å². The van der Waals surface area contributed by atoms with Crippen molar-refractivity contribution in [3.63, 3.8) is 0 Å². The lowest BCUT2D eigenvalue weighted by molar-refractivity contribution is 0.543. The highest BCUT2D eigenvalue weighted by atomic mass is 14.1. The summed E-state index contributed by atoms with van der Waals surface area (Å²) >= 11 is 0. The van der Waals surface area contributed by atoms with Gasteiger partial charge in [0.15, 0.2) is 0 Å². The Labute approximate surface area is 146 Å². The monoisotopic (exact) mass is 316 g/mol. The standard InChI is InChI=1S/C23H40/c1-4-5-6-7-8-9-10-11-12-13-14-15-18-22-19-16-17-20-23(22)21(2)3/h16-17,19-21H,4-15,18H2,1-3H3. The van der Waals surface area contributed by atoms with E-state index in [1.807, 2.05) is 0 Å². The maximum Gasteiger partial charge on any atom is -0.0216 e. The van der Waals surface area contributed by atoms with Crippen LogP contribution in [0.5, 0.6) is 0 Å². The highest BCUT2D eigenvalue weighted by Crippen LogP contribution is 2.21. The molecular weight excluding hydrogens is 276 g/mol. The van der Waals surface area contributed by atoms with E-state index in [0.717, 1.165) is 0 Å². The second-order valence-electron chi connectivity index (χ2n) is 7.49. The predicted molar refractivity (Wildman–Crippen MR) is 105 cm³/mol. The van der Waals surface area contributed by atoms with Gasteiger partial charge in [0.25, 0.3) is 0 Å².